The summed E-state index contributed by atoms with van der Waals surface area (Å²) in [7, 11) is 0. The van der Waals surface area contributed by atoms with Crippen LogP contribution in [0.15, 0.2) is 36.5 Å². The van der Waals surface area contributed by atoms with E-state index in [1.54, 1.807) is 0 Å². The van der Waals surface area contributed by atoms with Crippen molar-refractivity contribution in [2.45, 2.75) is 32.2 Å². The second-order valence-electron chi connectivity index (χ2n) is 5.84. The fourth-order valence-electron chi connectivity index (χ4n) is 3.07. The molecule has 0 saturated carbocycles. The lowest BCUT2D eigenvalue weighted by Crippen LogP contribution is -2.33. The highest BCUT2D eigenvalue weighted by Crippen LogP contribution is 2.31. The lowest BCUT2D eigenvalue weighted by Gasteiger charge is -2.29. The molecule has 0 aliphatic carbocycles. The SMILES string of the molecule is CCc1ccc(C(Cc2ccccn2)N2CCCNCC2)s1. The Morgan fingerprint density at radius 3 is 2.95 bits per heavy atom. The summed E-state index contributed by atoms with van der Waals surface area (Å²) >= 11 is 1.97. The molecule has 3 nitrogen and oxygen atoms in total. The van der Waals surface area contributed by atoms with Gasteiger partial charge in [0, 0.05) is 53.7 Å². The van der Waals surface area contributed by atoms with Crippen LogP contribution in [0.25, 0.3) is 0 Å². The monoisotopic (exact) mass is 315 g/mol. The van der Waals surface area contributed by atoms with Crippen molar-refractivity contribution in [3.05, 3.63) is 52.0 Å². The van der Waals surface area contributed by atoms with Gasteiger partial charge in [-0.2, -0.15) is 0 Å². The molecule has 1 fully saturated rings. The van der Waals surface area contributed by atoms with Gasteiger partial charge >= 0.3 is 0 Å². The van der Waals surface area contributed by atoms with Crippen LogP contribution >= 0.6 is 11.3 Å². The highest BCUT2D eigenvalue weighted by Gasteiger charge is 2.23. The van der Waals surface area contributed by atoms with Gasteiger partial charge in [-0.15, -0.1) is 11.3 Å². The zero-order chi connectivity index (χ0) is 15.2. The van der Waals surface area contributed by atoms with Gasteiger partial charge < -0.3 is 5.32 Å². The van der Waals surface area contributed by atoms with E-state index in [2.05, 4.69) is 46.4 Å². The molecular formula is C18H25N3S. The summed E-state index contributed by atoms with van der Waals surface area (Å²) in [5.74, 6) is 0. The van der Waals surface area contributed by atoms with Crippen molar-refractivity contribution < 1.29 is 0 Å². The van der Waals surface area contributed by atoms with Gasteiger partial charge in [0.05, 0.1) is 0 Å². The molecule has 22 heavy (non-hydrogen) atoms. The van der Waals surface area contributed by atoms with Gasteiger partial charge in [-0.05, 0) is 43.7 Å². The number of aryl methyl sites for hydroxylation is 1. The van der Waals surface area contributed by atoms with Crippen molar-refractivity contribution in [2.75, 3.05) is 26.2 Å². The average Bonchev–Trinajstić information content (AvgIpc) is 2.88. The molecule has 3 rings (SSSR count). The minimum atomic E-state index is 0.458. The molecule has 1 aliphatic rings. The Hall–Kier alpha value is -1.23. The molecule has 0 spiro atoms. The number of hydrogen-bond donors (Lipinski definition) is 1. The Bertz CT molecular complexity index is 559. The van der Waals surface area contributed by atoms with E-state index in [0.29, 0.717) is 6.04 Å². The molecule has 1 unspecified atom stereocenters. The molecule has 0 amide bonds. The molecule has 1 atom stereocenters. The third kappa shape index (κ3) is 3.94. The maximum Gasteiger partial charge on any atom is 0.0497 e. The van der Waals surface area contributed by atoms with Gasteiger partial charge in [0.25, 0.3) is 0 Å². The standard InChI is InChI=1S/C18H25N3S/c1-2-16-7-8-18(22-16)17(14-15-6-3-4-10-20-15)21-12-5-9-19-11-13-21/h3-4,6-8,10,17,19H,2,5,9,11-14H2,1H3. The number of thiophene rings is 1. The first-order chi connectivity index (χ1) is 10.9. The van der Waals surface area contributed by atoms with E-state index in [1.165, 1.54) is 28.4 Å². The summed E-state index contributed by atoms with van der Waals surface area (Å²) in [5.41, 5.74) is 1.19. The van der Waals surface area contributed by atoms with Crippen LogP contribution in [0.2, 0.25) is 0 Å². The summed E-state index contributed by atoms with van der Waals surface area (Å²) in [6.07, 6.45) is 5.26. The highest BCUT2D eigenvalue weighted by molar-refractivity contribution is 7.12. The number of aromatic nitrogens is 1. The topological polar surface area (TPSA) is 28.2 Å². The first-order valence-corrected chi connectivity index (χ1v) is 9.11. The largest absolute Gasteiger partial charge is 0.315 e. The van der Waals surface area contributed by atoms with Crippen LogP contribution in [0.3, 0.4) is 0 Å². The third-order valence-electron chi connectivity index (χ3n) is 4.30. The molecule has 0 radical (unpaired) electrons. The predicted molar refractivity (Wildman–Crippen MR) is 93.4 cm³/mol. The van der Waals surface area contributed by atoms with Gasteiger partial charge in [-0.1, -0.05) is 13.0 Å². The van der Waals surface area contributed by atoms with Crippen molar-refractivity contribution in [3.63, 3.8) is 0 Å². The quantitative estimate of drug-likeness (QED) is 0.918. The van der Waals surface area contributed by atoms with Crippen LogP contribution in [0.4, 0.5) is 0 Å². The predicted octanol–water partition coefficient (Wildman–Crippen LogP) is 3.28. The number of pyridine rings is 1. The summed E-state index contributed by atoms with van der Waals surface area (Å²) in [6, 6.07) is 11.3. The Balaban J connectivity index is 1.83. The normalized spacial score (nSPS) is 18.0. The maximum atomic E-state index is 4.55. The van der Waals surface area contributed by atoms with Crippen LogP contribution in [-0.2, 0) is 12.8 Å². The van der Waals surface area contributed by atoms with E-state index >= 15 is 0 Å². The summed E-state index contributed by atoms with van der Waals surface area (Å²) in [6.45, 7) is 6.75. The Morgan fingerprint density at radius 2 is 2.18 bits per heavy atom. The molecule has 118 valence electrons. The van der Waals surface area contributed by atoms with Crippen LogP contribution in [0, 0.1) is 0 Å². The zero-order valence-electron chi connectivity index (χ0n) is 13.3. The zero-order valence-corrected chi connectivity index (χ0v) is 14.1. The van der Waals surface area contributed by atoms with E-state index in [-0.39, 0.29) is 0 Å². The Labute approximate surface area is 137 Å². The summed E-state index contributed by atoms with van der Waals surface area (Å²) < 4.78 is 0. The number of hydrogen-bond acceptors (Lipinski definition) is 4. The van der Waals surface area contributed by atoms with Crippen molar-refractivity contribution in [1.82, 2.24) is 15.2 Å². The van der Waals surface area contributed by atoms with E-state index < -0.39 is 0 Å². The van der Waals surface area contributed by atoms with Gasteiger partial charge in [-0.3, -0.25) is 9.88 Å². The van der Waals surface area contributed by atoms with E-state index in [0.717, 1.165) is 32.5 Å². The maximum absolute atomic E-state index is 4.55. The van der Waals surface area contributed by atoms with Crippen molar-refractivity contribution in [3.8, 4) is 0 Å². The first-order valence-electron chi connectivity index (χ1n) is 8.30. The first kappa shape index (κ1) is 15.7. The molecule has 1 saturated heterocycles. The fraction of sp³-hybridized carbons (Fsp3) is 0.500. The van der Waals surface area contributed by atoms with E-state index in [4.69, 9.17) is 0 Å². The number of nitrogens with zero attached hydrogens (tertiary/aromatic N) is 2. The van der Waals surface area contributed by atoms with Crippen LogP contribution in [-0.4, -0.2) is 36.1 Å². The molecule has 3 heterocycles. The molecule has 4 heteroatoms. The Kier molecular flexibility index (Phi) is 5.59. The van der Waals surface area contributed by atoms with E-state index in [1.807, 2.05) is 23.6 Å². The Morgan fingerprint density at radius 1 is 1.23 bits per heavy atom. The molecule has 0 bridgehead atoms. The van der Waals surface area contributed by atoms with Gasteiger partial charge in [0.2, 0.25) is 0 Å². The van der Waals surface area contributed by atoms with E-state index in [9.17, 15) is 0 Å². The molecule has 2 aromatic heterocycles. The molecule has 2 aromatic rings. The third-order valence-corrected chi connectivity index (χ3v) is 5.63. The van der Waals surface area contributed by atoms with Gasteiger partial charge in [0.15, 0.2) is 0 Å². The minimum absolute atomic E-state index is 0.458. The van der Waals surface area contributed by atoms with Crippen molar-refractivity contribution >= 4 is 11.3 Å². The lowest BCUT2D eigenvalue weighted by molar-refractivity contribution is 0.211. The average molecular weight is 315 g/mol. The van der Waals surface area contributed by atoms with Gasteiger partial charge in [0.1, 0.15) is 0 Å². The van der Waals surface area contributed by atoms with Crippen molar-refractivity contribution in [2.24, 2.45) is 0 Å². The lowest BCUT2D eigenvalue weighted by atomic mass is 10.1. The molecular weight excluding hydrogens is 290 g/mol. The van der Waals surface area contributed by atoms with Crippen LogP contribution in [0.5, 0.6) is 0 Å². The molecule has 0 aromatic carbocycles. The van der Waals surface area contributed by atoms with Crippen LogP contribution < -0.4 is 5.32 Å². The number of rotatable bonds is 5. The number of nitrogens with one attached hydrogen (secondary N) is 1. The second kappa shape index (κ2) is 7.86. The fourth-order valence-corrected chi connectivity index (χ4v) is 4.16. The van der Waals surface area contributed by atoms with Crippen molar-refractivity contribution in [1.29, 1.82) is 0 Å². The summed E-state index contributed by atoms with van der Waals surface area (Å²) in [4.78, 5) is 10.2. The summed E-state index contributed by atoms with van der Waals surface area (Å²) in [5, 5.41) is 3.51. The smallest absolute Gasteiger partial charge is 0.0497 e. The van der Waals surface area contributed by atoms with Crippen LogP contribution in [0.1, 0.15) is 34.8 Å². The molecule has 1 aliphatic heterocycles. The molecule has 1 N–H and O–H groups in total. The minimum Gasteiger partial charge on any atom is -0.315 e. The van der Waals surface area contributed by atoms with Gasteiger partial charge in [-0.25, -0.2) is 0 Å². The highest BCUT2D eigenvalue weighted by atomic mass is 32.1. The second-order valence-corrected chi connectivity index (χ2v) is 7.04.